The molecular formula is C25H33N3O5. The van der Waals surface area contributed by atoms with Gasteiger partial charge in [-0.2, -0.15) is 0 Å². The van der Waals surface area contributed by atoms with E-state index in [1.54, 1.807) is 13.8 Å². The number of carbonyl (C=O) groups excluding carboxylic acids is 3. The van der Waals surface area contributed by atoms with Crippen molar-refractivity contribution in [1.29, 1.82) is 0 Å². The smallest absolute Gasteiger partial charge is 0.328 e. The maximum absolute atomic E-state index is 13.0. The highest BCUT2D eigenvalue weighted by Crippen LogP contribution is 2.08. The number of carbonyl (C=O) groups is 3. The monoisotopic (exact) mass is 455 g/mol. The average Bonchev–Trinajstić information content (AvgIpc) is 2.82. The van der Waals surface area contributed by atoms with E-state index in [9.17, 15) is 14.4 Å². The van der Waals surface area contributed by atoms with Crippen LogP contribution in [0.1, 0.15) is 25.0 Å². The second-order valence-electron chi connectivity index (χ2n) is 8.11. The summed E-state index contributed by atoms with van der Waals surface area (Å²) in [6, 6.07) is 16.1. The molecule has 8 heteroatoms. The van der Waals surface area contributed by atoms with Gasteiger partial charge in [0.2, 0.25) is 11.8 Å². The third-order valence-corrected chi connectivity index (χ3v) is 5.08. The molecule has 0 radical (unpaired) electrons. The molecule has 0 aliphatic heterocycles. The van der Waals surface area contributed by atoms with Gasteiger partial charge in [0.25, 0.3) is 0 Å². The maximum atomic E-state index is 13.0. The molecule has 2 rings (SSSR count). The van der Waals surface area contributed by atoms with Crippen LogP contribution in [0.4, 0.5) is 0 Å². The Balaban J connectivity index is 1.94. The molecule has 3 atom stereocenters. The molecule has 0 fully saturated rings. The molecule has 2 aromatic rings. The van der Waals surface area contributed by atoms with Crippen LogP contribution in [0.2, 0.25) is 0 Å². The Bertz CT molecular complexity index is 889. The lowest BCUT2D eigenvalue weighted by molar-refractivity contribution is -0.145. The van der Waals surface area contributed by atoms with E-state index >= 15 is 0 Å². The number of esters is 1. The summed E-state index contributed by atoms with van der Waals surface area (Å²) in [5, 5.41) is 5.39. The van der Waals surface area contributed by atoms with E-state index in [0.29, 0.717) is 6.61 Å². The van der Waals surface area contributed by atoms with Gasteiger partial charge in [-0.3, -0.25) is 9.59 Å². The highest BCUT2D eigenvalue weighted by Gasteiger charge is 2.30. The number of methoxy groups -OCH3 is 1. The third kappa shape index (κ3) is 8.67. The van der Waals surface area contributed by atoms with E-state index in [2.05, 4.69) is 10.6 Å². The van der Waals surface area contributed by atoms with Crippen LogP contribution in [0.5, 0.6) is 0 Å². The number of nitrogens with two attached hydrogens (primary N) is 1. The van der Waals surface area contributed by atoms with E-state index < -0.39 is 35.9 Å². The Kier molecular flexibility index (Phi) is 10.5. The lowest BCUT2D eigenvalue weighted by Gasteiger charge is -2.26. The fourth-order valence-corrected chi connectivity index (χ4v) is 3.20. The first kappa shape index (κ1) is 26.0. The number of ether oxygens (including phenoxy) is 2. The molecule has 0 saturated carbocycles. The van der Waals surface area contributed by atoms with E-state index in [1.165, 1.54) is 7.11 Å². The predicted octanol–water partition coefficient (Wildman–Crippen LogP) is 1.57. The summed E-state index contributed by atoms with van der Waals surface area (Å²) in [6.45, 7) is 3.93. The van der Waals surface area contributed by atoms with Crippen molar-refractivity contribution in [2.24, 2.45) is 11.7 Å². The molecule has 0 bridgehead atoms. The molecule has 0 aliphatic carbocycles. The number of benzene rings is 2. The quantitative estimate of drug-likeness (QED) is 0.418. The molecule has 0 aromatic heterocycles. The number of hydrogen-bond donors (Lipinski definition) is 3. The Morgan fingerprint density at radius 3 is 2.00 bits per heavy atom. The van der Waals surface area contributed by atoms with Crippen LogP contribution in [0, 0.1) is 5.92 Å². The van der Waals surface area contributed by atoms with Crippen molar-refractivity contribution in [1.82, 2.24) is 10.6 Å². The zero-order chi connectivity index (χ0) is 24.2. The highest BCUT2D eigenvalue weighted by atomic mass is 16.5. The summed E-state index contributed by atoms with van der Waals surface area (Å²) in [5.41, 5.74) is 7.80. The highest BCUT2D eigenvalue weighted by molar-refractivity contribution is 5.92. The van der Waals surface area contributed by atoms with Crippen molar-refractivity contribution in [3.05, 3.63) is 71.8 Å². The summed E-state index contributed by atoms with van der Waals surface area (Å²) in [5.74, 6) is -1.79. The van der Waals surface area contributed by atoms with Crippen LogP contribution >= 0.6 is 0 Å². The fourth-order valence-electron chi connectivity index (χ4n) is 3.20. The molecule has 2 aromatic carbocycles. The first-order chi connectivity index (χ1) is 15.8. The first-order valence-electron chi connectivity index (χ1n) is 10.9. The van der Waals surface area contributed by atoms with Crippen molar-refractivity contribution in [3.8, 4) is 0 Å². The second kappa shape index (κ2) is 13.3. The number of rotatable bonds is 12. The van der Waals surface area contributed by atoms with E-state index in [-0.39, 0.29) is 18.9 Å². The molecule has 0 unspecified atom stereocenters. The molecule has 33 heavy (non-hydrogen) atoms. The minimum atomic E-state index is -0.941. The van der Waals surface area contributed by atoms with E-state index in [0.717, 1.165) is 11.1 Å². The molecule has 0 saturated heterocycles. The van der Waals surface area contributed by atoms with Gasteiger partial charge >= 0.3 is 5.97 Å². The lowest BCUT2D eigenvalue weighted by atomic mass is 10.0. The standard InChI is InChI=1S/C25H33N3O5/c1-17(2)22(28-23(29)20(26)16-33-15-19-12-8-5-9-13-19)24(30)27-21(25(31)32-3)14-18-10-6-4-7-11-18/h4-13,17,20-22H,14-16,26H2,1-3H3,(H,27,30)(H,28,29)/t20-,21+,22+/m1/s1. The SMILES string of the molecule is COC(=O)[C@H](Cc1ccccc1)NC(=O)[C@@H](NC(=O)[C@H](N)COCc1ccccc1)C(C)C. The normalized spacial score (nSPS) is 13.6. The van der Waals surface area contributed by atoms with Crippen molar-refractivity contribution < 1.29 is 23.9 Å². The van der Waals surface area contributed by atoms with Crippen molar-refractivity contribution in [2.75, 3.05) is 13.7 Å². The van der Waals surface area contributed by atoms with Gasteiger partial charge in [-0.25, -0.2) is 4.79 Å². The third-order valence-electron chi connectivity index (χ3n) is 5.08. The summed E-state index contributed by atoms with van der Waals surface area (Å²) < 4.78 is 10.4. The van der Waals surface area contributed by atoms with Gasteiger partial charge in [0.15, 0.2) is 0 Å². The number of nitrogens with one attached hydrogen (secondary N) is 2. The van der Waals surface area contributed by atoms with Crippen LogP contribution in [0.25, 0.3) is 0 Å². The van der Waals surface area contributed by atoms with Crippen LogP contribution in [-0.2, 0) is 36.9 Å². The molecule has 8 nitrogen and oxygen atoms in total. The van der Waals surface area contributed by atoms with Crippen molar-refractivity contribution >= 4 is 17.8 Å². The number of amides is 2. The van der Waals surface area contributed by atoms with Crippen LogP contribution in [-0.4, -0.2) is 49.6 Å². The topological polar surface area (TPSA) is 120 Å². The van der Waals surface area contributed by atoms with Gasteiger partial charge in [0.05, 0.1) is 20.3 Å². The summed E-state index contributed by atoms with van der Waals surface area (Å²) in [6.07, 6.45) is 0.269. The fraction of sp³-hybridized carbons (Fsp3) is 0.400. The minimum absolute atomic E-state index is 0.00591. The van der Waals surface area contributed by atoms with Gasteiger partial charge < -0.3 is 25.8 Å². The summed E-state index contributed by atoms with van der Waals surface area (Å²) >= 11 is 0. The average molecular weight is 456 g/mol. The molecular weight excluding hydrogens is 422 g/mol. The summed E-state index contributed by atoms with van der Waals surface area (Å²) in [4.78, 5) is 37.8. The Labute approximate surface area is 194 Å². The van der Waals surface area contributed by atoms with Crippen LogP contribution in [0.15, 0.2) is 60.7 Å². The molecule has 0 aliphatic rings. The van der Waals surface area contributed by atoms with Crippen LogP contribution in [0.3, 0.4) is 0 Å². The van der Waals surface area contributed by atoms with Gasteiger partial charge in [-0.1, -0.05) is 74.5 Å². The van der Waals surface area contributed by atoms with Gasteiger partial charge in [0, 0.05) is 6.42 Å². The van der Waals surface area contributed by atoms with Gasteiger partial charge in [-0.05, 0) is 17.0 Å². The Hall–Kier alpha value is -3.23. The van der Waals surface area contributed by atoms with Crippen LogP contribution < -0.4 is 16.4 Å². The minimum Gasteiger partial charge on any atom is -0.467 e. The maximum Gasteiger partial charge on any atom is 0.328 e. The Morgan fingerprint density at radius 1 is 0.879 bits per heavy atom. The summed E-state index contributed by atoms with van der Waals surface area (Å²) in [7, 11) is 1.27. The number of hydrogen-bond acceptors (Lipinski definition) is 6. The predicted molar refractivity (Wildman–Crippen MR) is 125 cm³/mol. The van der Waals surface area contributed by atoms with Crippen molar-refractivity contribution in [3.63, 3.8) is 0 Å². The second-order valence-corrected chi connectivity index (χ2v) is 8.11. The molecule has 178 valence electrons. The van der Waals surface area contributed by atoms with Gasteiger partial charge in [0.1, 0.15) is 18.1 Å². The van der Waals surface area contributed by atoms with E-state index in [1.807, 2.05) is 60.7 Å². The molecule has 0 spiro atoms. The largest absolute Gasteiger partial charge is 0.467 e. The molecule has 4 N–H and O–H groups in total. The van der Waals surface area contributed by atoms with Gasteiger partial charge in [-0.15, -0.1) is 0 Å². The zero-order valence-electron chi connectivity index (χ0n) is 19.3. The molecule has 2 amide bonds. The lowest BCUT2D eigenvalue weighted by Crippen LogP contribution is -2.57. The van der Waals surface area contributed by atoms with E-state index in [4.69, 9.17) is 15.2 Å². The zero-order valence-corrected chi connectivity index (χ0v) is 19.3. The van der Waals surface area contributed by atoms with Crippen molar-refractivity contribution in [2.45, 2.75) is 45.0 Å². The Morgan fingerprint density at radius 2 is 1.45 bits per heavy atom. The molecule has 0 heterocycles. The first-order valence-corrected chi connectivity index (χ1v) is 10.9.